The SMILES string of the molecule is CCc1cc(C(=O)N2CCC(C(O)(c3ccccc3)c3ccccc3)CC2)cs1. The van der Waals surface area contributed by atoms with Crippen molar-refractivity contribution in [1.29, 1.82) is 0 Å². The molecule has 0 bridgehead atoms. The minimum atomic E-state index is -1.05. The lowest BCUT2D eigenvalue weighted by Crippen LogP contribution is -2.46. The Kier molecular flexibility index (Phi) is 5.84. The van der Waals surface area contributed by atoms with Crippen molar-refractivity contribution in [3.63, 3.8) is 0 Å². The fourth-order valence-electron chi connectivity index (χ4n) is 4.38. The number of rotatable bonds is 5. The number of hydrogen-bond donors (Lipinski definition) is 1. The van der Waals surface area contributed by atoms with Crippen LogP contribution in [0.25, 0.3) is 0 Å². The van der Waals surface area contributed by atoms with Gasteiger partial charge in [0.05, 0.1) is 5.56 Å². The van der Waals surface area contributed by atoms with Crippen LogP contribution in [0.15, 0.2) is 72.1 Å². The van der Waals surface area contributed by atoms with E-state index in [9.17, 15) is 9.90 Å². The summed E-state index contributed by atoms with van der Waals surface area (Å²) in [5.74, 6) is 0.174. The van der Waals surface area contributed by atoms with Crippen LogP contribution in [0.1, 0.15) is 46.1 Å². The molecule has 2 aromatic carbocycles. The minimum absolute atomic E-state index is 0.0602. The summed E-state index contributed by atoms with van der Waals surface area (Å²) in [6, 6.07) is 21.9. The second-order valence-corrected chi connectivity index (χ2v) is 8.72. The summed E-state index contributed by atoms with van der Waals surface area (Å²) in [5.41, 5.74) is 1.59. The van der Waals surface area contributed by atoms with Crippen LogP contribution in [0.2, 0.25) is 0 Å². The Morgan fingerprint density at radius 3 is 2.07 bits per heavy atom. The predicted molar refractivity (Wildman–Crippen MR) is 118 cm³/mol. The fourth-order valence-corrected chi connectivity index (χ4v) is 5.19. The topological polar surface area (TPSA) is 40.5 Å². The van der Waals surface area contributed by atoms with Gasteiger partial charge in [-0.1, -0.05) is 67.6 Å². The van der Waals surface area contributed by atoms with E-state index in [4.69, 9.17) is 0 Å². The van der Waals surface area contributed by atoms with Gasteiger partial charge in [-0.15, -0.1) is 11.3 Å². The largest absolute Gasteiger partial charge is 0.380 e. The van der Waals surface area contributed by atoms with Crippen molar-refractivity contribution in [2.45, 2.75) is 31.8 Å². The highest BCUT2D eigenvalue weighted by atomic mass is 32.1. The molecule has 29 heavy (non-hydrogen) atoms. The lowest BCUT2D eigenvalue weighted by molar-refractivity contribution is -0.0122. The molecule has 0 spiro atoms. The van der Waals surface area contributed by atoms with Crippen molar-refractivity contribution < 1.29 is 9.90 Å². The second kappa shape index (κ2) is 8.52. The van der Waals surface area contributed by atoms with Crippen LogP contribution >= 0.6 is 11.3 Å². The molecule has 0 atom stereocenters. The quantitative estimate of drug-likeness (QED) is 0.642. The number of carbonyl (C=O) groups excluding carboxylic acids is 1. The Balaban J connectivity index is 1.55. The van der Waals surface area contributed by atoms with E-state index in [1.165, 1.54) is 4.88 Å². The number of hydrogen-bond acceptors (Lipinski definition) is 3. The van der Waals surface area contributed by atoms with Crippen molar-refractivity contribution in [3.8, 4) is 0 Å². The molecule has 1 N–H and O–H groups in total. The highest BCUT2D eigenvalue weighted by Crippen LogP contribution is 2.42. The smallest absolute Gasteiger partial charge is 0.254 e. The molecule has 0 radical (unpaired) electrons. The molecule has 3 aromatic rings. The average Bonchev–Trinajstić information content (AvgIpc) is 3.29. The fraction of sp³-hybridized carbons (Fsp3) is 0.320. The molecule has 1 aliphatic heterocycles. The van der Waals surface area contributed by atoms with Gasteiger partial charge in [0.15, 0.2) is 0 Å². The highest BCUT2D eigenvalue weighted by Gasteiger charge is 2.42. The summed E-state index contributed by atoms with van der Waals surface area (Å²) in [4.78, 5) is 16.1. The minimum Gasteiger partial charge on any atom is -0.380 e. The first kappa shape index (κ1) is 19.9. The zero-order valence-electron chi connectivity index (χ0n) is 16.8. The van der Waals surface area contributed by atoms with E-state index < -0.39 is 5.60 Å². The molecule has 0 unspecified atom stereocenters. The number of thiophene rings is 1. The zero-order valence-corrected chi connectivity index (χ0v) is 17.6. The summed E-state index contributed by atoms with van der Waals surface area (Å²) < 4.78 is 0. The third-order valence-corrected chi connectivity index (χ3v) is 7.13. The van der Waals surface area contributed by atoms with Crippen LogP contribution in [0.5, 0.6) is 0 Å². The maximum atomic E-state index is 12.9. The number of likely N-dealkylation sites (tertiary alicyclic amines) is 1. The van der Waals surface area contributed by atoms with Gasteiger partial charge in [-0.05, 0) is 42.4 Å². The molecule has 4 rings (SSSR count). The molecular weight excluding hydrogens is 378 g/mol. The summed E-state index contributed by atoms with van der Waals surface area (Å²) in [6.45, 7) is 3.45. The predicted octanol–water partition coefficient (Wildman–Crippen LogP) is 5.10. The first-order valence-corrected chi connectivity index (χ1v) is 11.2. The number of carbonyl (C=O) groups is 1. The van der Waals surface area contributed by atoms with Gasteiger partial charge in [0.2, 0.25) is 0 Å². The lowest BCUT2D eigenvalue weighted by Gasteiger charge is -2.42. The first-order chi connectivity index (χ1) is 14.1. The summed E-state index contributed by atoms with van der Waals surface area (Å²) in [6.07, 6.45) is 2.51. The molecular formula is C25H27NO2S. The van der Waals surface area contributed by atoms with E-state index in [2.05, 4.69) is 6.92 Å². The summed E-state index contributed by atoms with van der Waals surface area (Å²) >= 11 is 1.65. The van der Waals surface area contributed by atoms with Crippen LogP contribution < -0.4 is 0 Å². The van der Waals surface area contributed by atoms with E-state index in [-0.39, 0.29) is 11.8 Å². The maximum Gasteiger partial charge on any atom is 0.254 e. The van der Waals surface area contributed by atoms with Crippen LogP contribution in [-0.2, 0) is 12.0 Å². The molecule has 1 saturated heterocycles. The Labute approximate surface area is 176 Å². The van der Waals surface area contributed by atoms with Gasteiger partial charge >= 0.3 is 0 Å². The summed E-state index contributed by atoms with van der Waals surface area (Å²) in [7, 11) is 0. The van der Waals surface area contributed by atoms with Crippen molar-refractivity contribution >= 4 is 17.2 Å². The molecule has 1 aliphatic rings. The van der Waals surface area contributed by atoms with Crippen LogP contribution in [0, 0.1) is 5.92 Å². The van der Waals surface area contributed by atoms with Crippen LogP contribution in [0.4, 0.5) is 0 Å². The molecule has 1 aromatic heterocycles. The Bertz CT molecular complexity index is 904. The lowest BCUT2D eigenvalue weighted by atomic mass is 9.72. The number of aryl methyl sites for hydroxylation is 1. The highest BCUT2D eigenvalue weighted by molar-refractivity contribution is 7.10. The summed E-state index contributed by atoms with van der Waals surface area (Å²) in [5, 5.41) is 13.9. The zero-order chi connectivity index (χ0) is 20.3. The van der Waals surface area contributed by atoms with Crippen LogP contribution in [0.3, 0.4) is 0 Å². The molecule has 2 heterocycles. The third-order valence-electron chi connectivity index (χ3n) is 6.05. The standard InChI is InChI=1S/C25H27NO2S/c1-2-23-17-19(18-29-23)24(27)26-15-13-22(14-16-26)25(28,20-9-5-3-6-10-20)21-11-7-4-8-12-21/h3-12,17-18,22,28H,2,13-16H2,1H3. The second-order valence-electron chi connectivity index (χ2n) is 7.72. The molecule has 0 aliphatic carbocycles. The number of amides is 1. The van der Waals surface area contributed by atoms with Gasteiger partial charge in [0, 0.05) is 23.3 Å². The van der Waals surface area contributed by atoms with Crippen molar-refractivity contribution in [2.24, 2.45) is 5.92 Å². The monoisotopic (exact) mass is 405 g/mol. The molecule has 1 fully saturated rings. The average molecular weight is 406 g/mol. The molecule has 0 saturated carbocycles. The molecule has 4 heteroatoms. The third kappa shape index (κ3) is 3.87. The normalized spacial score (nSPS) is 15.4. The number of nitrogens with zero attached hydrogens (tertiary/aromatic N) is 1. The van der Waals surface area contributed by atoms with Gasteiger partial charge in [0.25, 0.3) is 5.91 Å². The van der Waals surface area contributed by atoms with Crippen molar-refractivity contribution in [1.82, 2.24) is 4.90 Å². The number of aliphatic hydroxyl groups is 1. The molecule has 1 amide bonds. The van der Waals surface area contributed by atoms with E-state index in [1.807, 2.05) is 77.0 Å². The Morgan fingerprint density at radius 1 is 1.03 bits per heavy atom. The Morgan fingerprint density at radius 2 is 1.59 bits per heavy atom. The van der Waals surface area contributed by atoms with Gasteiger partial charge in [-0.2, -0.15) is 0 Å². The first-order valence-electron chi connectivity index (χ1n) is 10.3. The van der Waals surface area contributed by atoms with Gasteiger partial charge in [-0.3, -0.25) is 4.79 Å². The van der Waals surface area contributed by atoms with Gasteiger partial charge in [-0.25, -0.2) is 0 Å². The van der Waals surface area contributed by atoms with E-state index in [1.54, 1.807) is 11.3 Å². The van der Waals surface area contributed by atoms with Crippen molar-refractivity contribution in [3.05, 3.63) is 93.7 Å². The number of benzene rings is 2. The van der Waals surface area contributed by atoms with Crippen molar-refractivity contribution in [2.75, 3.05) is 13.1 Å². The maximum absolute atomic E-state index is 12.9. The Hall–Kier alpha value is -2.43. The van der Waals surface area contributed by atoms with E-state index >= 15 is 0 Å². The number of piperidine rings is 1. The van der Waals surface area contributed by atoms with Crippen LogP contribution in [-0.4, -0.2) is 29.0 Å². The molecule has 150 valence electrons. The van der Waals surface area contributed by atoms with E-state index in [0.29, 0.717) is 13.1 Å². The van der Waals surface area contributed by atoms with E-state index in [0.717, 1.165) is 36.0 Å². The van der Waals surface area contributed by atoms with Gasteiger partial charge in [0.1, 0.15) is 5.60 Å². The van der Waals surface area contributed by atoms with Gasteiger partial charge < -0.3 is 10.0 Å². The molecule has 3 nitrogen and oxygen atoms in total.